The Morgan fingerprint density at radius 3 is 1.97 bits per heavy atom. The monoisotopic (exact) mass is 467 g/mol. The minimum absolute atomic E-state index is 0.720. The number of hydrogen-bond acceptors (Lipinski definition) is 5. The van der Waals surface area contributed by atoms with Gasteiger partial charge in [0.25, 0.3) is 0 Å². The van der Waals surface area contributed by atoms with E-state index < -0.39 is 0 Å². The molecule has 0 spiro atoms. The van der Waals surface area contributed by atoms with Crippen molar-refractivity contribution in [3.05, 3.63) is 114 Å². The highest BCUT2D eigenvalue weighted by molar-refractivity contribution is 5.82. The molecule has 0 unspecified atom stereocenters. The van der Waals surface area contributed by atoms with Crippen LogP contribution in [0.15, 0.2) is 80.3 Å². The van der Waals surface area contributed by atoms with Crippen LogP contribution in [0.3, 0.4) is 0 Å². The molecule has 7 heteroatoms. The smallest absolute Gasteiger partial charge is 0.113 e. The van der Waals surface area contributed by atoms with Crippen molar-refractivity contribution in [1.82, 2.24) is 34.4 Å². The number of rotatable bonds is 6. The Bertz CT molecular complexity index is 1780. The van der Waals surface area contributed by atoms with Gasteiger partial charge in [0.15, 0.2) is 0 Å². The first-order valence-corrected chi connectivity index (χ1v) is 11.4. The molecule has 36 heavy (non-hydrogen) atoms. The predicted molar refractivity (Wildman–Crippen MR) is 145 cm³/mol. The molecule has 6 heterocycles. The molecule has 0 aromatic carbocycles. The number of aromatic nitrogens is 7. The summed E-state index contributed by atoms with van der Waals surface area (Å²) in [7, 11) is 0. The molecule has 0 fully saturated rings. The second kappa shape index (κ2) is 8.88. The molecule has 4 aromatic rings. The minimum Gasteiger partial charge on any atom is -0.255 e. The summed E-state index contributed by atoms with van der Waals surface area (Å²) in [4.78, 5) is 4.60. The molecule has 0 saturated heterocycles. The average molecular weight is 468 g/mol. The van der Waals surface area contributed by atoms with E-state index in [-0.39, 0.29) is 0 Å². The Hall–Kier alpha value is -5.17. The lowest BCUT2D eigenvalue weighted by molar-refractivity contribution is 0.929. The van der Waals surface area contributed by atoms with E-state index in [1.807, 2.05) is 81.9 Å². The standard InChI is InChI=1S/C29H21N7/c1-3-20-17-23-7-5-15-31-35(23)28(20)13-10-22-9-11-25-26(33-34-27(25)19-30-22)12-14-29-21(4-2)18-24-8-6-16-32-36(24)29/h3-19H,1-2H2/b13-10+,14-12+. The van der Waals surface area contributed by atoms with E-state index in [0.717, 1.165) is 56.2 Å². The van der Waals surface area contributed by atoms with Gasteiger partial charge in [-0.25, -0.2) is 9.03 Å². The van der Waals surface area contributed by atoms with Gasteiger partial charge in [-0.2, -0.15) is 10.2 Å². The summed E-state index contributed by atoms with van der Waals surface area (Å²) < 4.78 is 3.77. The van der Waals surface area contributed by atoms with Crippen molar-refractivity contribution >= 4 is 47.5 Å². The fourth-order valence-corrected chi connectivity index (χ4v) is 4.27. The Balaban J connectivity index is 1.34. The SMILES string of the molecule is C=Cc1cc2cccnn2c1/C=C/c1ccc2c(/C=C/c3c(C=C)cc4cccnn34)nnc-2cn1. The molecule has 0 radical (unpaired) electrons. The fourth-order valence-electron chi connectivity index (χ4n) is 4.27. The Kier molecular flexibility index (Phi) is 5.27. The van der Waals surface area contributed by atoms with Crippen LogP contribution in [0.5, 0.6) is 0 Å². The predicted octanol–water partition coefficient (Wildman–Crippen LogP) is 5.90. The van der Waals surface area contributed by atoms with Crippen LogP contribution in [0, 0.1) is 0 Å². The van der Waals surface area contributed by atoms with Gasteiger partial charge in [0, 0.05) is 29.1 Å². The van der Waals surface area contributed by atoms with Gasteiger partial charge in [-0.15, -0.1) is 10.2 Å². The number of nitrogens with zero attached hydrogens (tertiary/aromatic N) is 7. The van der Waals surface area contributed by atoms with Crippen LogP contribution in [0.25, 0.3) is 58.7 Å². The summed E-state index contributed by atoms with van der Waals surface area (Å²) in [6, 6.07) is 15.9. The van der Waals surface area contributed by atoms with Gasteiger partial charge in [0.05, 0.1) is 40.0 Å². The highest BCUT2D eigenvalue weighted by Crippen LogP contribution is 2.25. The largest absolute Gasteiger partial charge is 0.255 e. The maximum absolute atomic E-state index is 4.60. The van der Waals surface area contributed by atoms with E-state index >= 15 is 0 Å². The number of fused-ring (bicyclic) bond motifs is 3. The molecule has 7 nitrogen and oxygen atoms in total. The molecule has 172 valence electrons. The van der Waals surface area contributed by atoms with Crippen LogP contribution in [0.1, 0.15) is 33.9 Å². The zero-order chi connectivity index (χ0) is 24.5. The normalized spacial score (nSPS) is 11.9. The van der Waals surface area contributed by atoms with Crippen molar-refractivity contribution < 1.29 is 0 Å². The highest BCUT2D eigenvalue weighted by Gasteiger charge is 2.12. The molecular formula is C29H21N7. The molecule has 4 aromatic heterocycles. The van der Waals surface area contributed by atoms with Gasteiger partial charge in [-0.05, 0) is 72.8 Å². The second-order valence-corrected chi connectivity index (χ2v) is 8.17. The lowest BCUT2D eigenvalue weighted by atomic mass is 10.1. The van der Waals surface area contributed by atoms with Crippen molar-refractivity contribution in [2.75, 3.05) is 0 Å². The quantitative estimate of drug-likeness (QED) is 0.305. The summed E-state index contributed by atoms with van der Waals surface area (Å²) in [5, 5.41) is 17.6. The molecule has 0 aliphatic carbocycles. The van der Waals surface area contributed by atoms with E-state index in [1.165, 1.54) is 0 Å². The van der Waals surface area contributed by atoms with E-state index in [4.69, 9.17) is 0 Å². The second-order valence-electron chi connectivity index (χ2n) is 8.17. The summed E-state index contributed by atoms with van der Waals surface area (Å²) in [6.07, 6.45) is 16.8. The van der Waals surface area contributed by atoms with Gasteiger partial charge in [0.2, 0.25) is 0 Å². The minimum atomic E-state index is 0.720. The molecule has 0 atom stereocenters. The summed E-state index contributed by atoms with van der Waals surface area (Å²) >= 11 is 0. The first-order chi connectivity index (χ1) is 17.7. The van der Waals surface area contributed by atoms with E-state index in [2.05, 4.69) is 50.7 Å². The van der Waals surface area contributed by atoms with Crippen LogP contribution in [0.2, 0.25) is 0 Å². The Morgan fingerprint density at radius 2 is 1.33 bits per heavy atom. The summed E-state index contributed by atoms with van der Waals surface area (Å²) in [6.45, 7) is 7.87. The topological polar surface area (TPSA) is 73.3 Å². The van der Waals surface area contributed by atoms with E-state index in [9.17, 15) is 0 Å². The fraction of sp³-hybridized carbons (Fsp3) is 0. The first kappa shape index (κ1) is 21.4. The van der Waals surface area contributed by atoms with E-state index in [1.54, 1.807) is 18.6 Å². The molecule has 6 rings (SSSR count). The average Bonchev–Trinajstić information content (AvgIpc) is 3.55. The molecule has 2 aliphatic heterocycles. The van der Waals surface area contributed by atoms with Crippen LogP contribution in [0.4, 0.5) is 0 Å². The summed E-state index contributed by atoms with van der Waals surface area (Å²) in [5.74, 6) is 0. The van der Waals surface area contributed by atoms with Crippen molar-refractivity contribution in [2.45, 2.75) is 0 Å². The summed E-state index contributed by atoms with van der Waals surface area (Å²) in [5.41, 5.74) is 9.08. The molecule has 0 saturated carbocycles. The van der Waals surface area contributed by atoms with Crippen molar-refractivity contribution in [2.24, 2.45) is 0 Å². The van der Waals surface area contributed by atoms with Crippen LogP contribution in [-0.2, 0) is 0 Å². The maximum Gasteiger partial charge on any atom is 0.113 e. The lowest BCUT2D eigenvalue weighted by Crippen LogP contribution is -1.92. The zero-order valence-corrected chi connectivity index (χ0v) is 19.4. The molecule has 0 bridgehead atoms. The maximum atomic E-state index is 4.60. The van der Waals surface area contributed by atoms with E-state index in [0.29, 0.717) is 0 Å². The van der Waals surface area contributed by atoms with Crippen molar-refractivity contribution in [1.29, 1.82) is 0 Å². The van der Waals surface area contributed by atoms with Gasteiger partial charge >= 0.3 is 0 Å². The third kappa shape index (κ3) is 3.69. The van der Waals surface area contributed by atoms with Gasteiger partial charge in [-0.1, -0.05) is 25.3 Å². The lowest BCUT2D eigenvalue weighted by Gasteiger charge is -1.97. The molecule has 0 amide bonds. The number of hydrogen-bond donors (Lipinski definition) is 0. The highest BCUT2D eigenvalue weighted by atomic mass is 15.2. The van der Waals surface area contributed by atoms with Crippen LogP contribution < -0.4 is 0 Å². The van der Waals surface area contributed by atoms with Crippen molar-refractivity contribution in [3.8, 4) is 11.3 Å². The molecule has 2 aliphatic rings. The van der Waals surface area contributed by atoms with Gasteiger partial charge < -0.3 is 0 Å². The van der Waals surface area contributed by atoms with Crippen LogP contribution in [-0.4, -0.2) is 34.4 Å². The molecular weight excluding hydrogens is 446 g/mol. The van der Waals surface area contributed by atoms with Gasteiger partial charge in [-0.3, -0.25) is 4.98 Å². The first-order valence-electron chi connectivity index (χ1n) is 11.4. The van der Waals surface area contributed by atoms with Crippen LogP contribution >= 0.6 is 0 Å². The third-order valence-corrected chi connectivity index (χ3v) is 6.04. The van der Waals surface area contributed by atoms with Crippen molar-refractivity contribution in [3.63, 3.8) is 0 Å². The Morgan fingerprint density at radius 1 is 0.694 bits per heavy atom. The Labute approximate surface area is 207 Å². The third-order valence-electron chi connectivity index (χ3n) is 6.04. The van der Waals surface area contributed by atoms with Gasteiger partial charge in [0.1, 0.15) is 5.69 Å². The zero-order valence-electron chi connectivity index (χ0n) is 19.4. The molecule has 0 N–H and O–H groups in total.